The lowest BCUT2D eigenvalue weighted by Gasteiger charge is -2.11. The fraction of sp³-hybridized carbons (Fsp3) is 0.231. The third-order valence-corrected chi connectivity index (χ3v) is 2.80. The van der Waals surface area contributed by atoms with Crippen LogP contribution in [0, 0.1) is 0 Å². The SMILES string of the molecule is CC(O)Cc1c(O)ccc2cc(Cl)ccc12. The van der Waals surface area contributed by atoms with Crippen LogP contribution in [0.4, 0.5) is 0 Å². The highest BCUT2D eigenvalue weighted by atomic mass is 35.5. The summed E-state index contributed by atoms with van der Waals surface area (Å²) in [7, 11) is 0. The predicted octanol–water partition coefficient (Wildman–Crippen LogP) is 3.12. The molecule has 0 saturated carbocycles. The fourth-order valence-electron chi connectivity index (χ4n) is 1.86. The average Bonchev–Trinajstić information content (AvgIpc) is 2.22. The monoisotopic (exact) mass is 236 g/mol. The smallest absolute Gasteiger partial charge is 0.119 e. The molecule has 2 rings (SSSR count). The van der Waals surface area contributed by atoms with Crippen molar-refractivity contribution < 1.29 is 10.2 Å². The minimum Gasteiger partial charge on any atom is -0.508 e. The van der Waals surface area contributed by atoms with Gasteiger partial charge >= 0.3 is 0 Å². The van der Waals surface area contributed by atoms with Crippen LogP contribution in [0.3, 0.4) is 0 Å². The Morgan fingerprint density at radius 2 is 2.00 bits per heavy atom. The number of halogens is 1. The van der Waals surface area contributed by atoms with Gasteiger partial charge in [-0.3, -0.25) is 0 Å². The highest BCUT2D eigenvalue weighted by Crippen LogP contribution is 2.30. The van der Waals surface area contributed by atoms with E-state index in [4.69, 9.17) is 11.6 Å². The van der Waals surface area contributed by atoms with E-state index in [1.165, 1.54) is 0 Å². The molecule has 0 aliphatic heterocycles. The Kier molecular flexibility index (Phi) is 3.03. The van der Waals surface area contributed by atoms with Crippen molar-refractivity contribution in [3.63, 3.8) is 0 Å². The van der Waals surface area contributed by atoms with Gasteiger partial charge < -0.3 is 10.2 Å². The Hall–Kier alpha value is -1.25. The molecule has 16 heavy (non-hydrogen) atoms. The van der Waals surface area contributed by atoms with Gasteiger partial charge in [-0.05, 0) is 35.9 Å². The first kappa shape index (κ1) is 11.2. The summed E-state index contributed by atoms with van der Waals surface area (Å²) < 4.78 is 0. The molecule has 0 aromatic heterocycles. The molecule has 2 N–H and O–H groups in total. The molecule has 0 aliphatic carbocycles. The van der Waals surface area contributed by atoms with Gasteiger partial charge in [0, 0.05) is 17.0 Å². The standard InChI is InChI=1S/C13H13ClO2/c1-8(15)6-12-11-4-3-10(14)7-9(11)2-5-13(12)16/h2-5,7-8,15-16H,6H2,1H3. The topological polar surface area (TPSA) is 40.5 Å². The maximum atomic E-state index is 9.78. The van der Waals surface area contributed by atoms with Gasteiger partial charge in [-0.15, -0.1) is 0 Å². The van der Waals surface area contributed by atoms with Crippen molar-refractivity contribution in [3.8, 4) is 5.75 Å². The first-order valence-corrected chi connectivity index (χ1v) is 5.54. The van der Waals surface area contributed by atoms with Gasteiger partial charge in [0.05, 0.1) is 6.10 Å². The molecule has 0 amide bonds. The molecule has 1 atom stereocenters. The van der Waals surface area contributed by atoms with Crippen molar-refractivity contribution >= 4 is 22.4 Å². The number of phenols is 1. The van der Waals surface area contributed by atoms with Gasteiger partial charge in [-0.25, -0.2) is 0 Å². The van der Waals surface area contributed by atoms with Crippen LogP contribution in [0.15, 0.2) is 30.3 Å². The van der Waals surface area contributed by atoms with Gasteiger partial charge in [0.1, 0.15) is 5.75 Å². The van der Waals surface area contributed by atoms with E-state index in [9.17, 15) is 10.2 Å². The first-order valence-electron chi connectivity index (χ1n) is 5.16. The molecular formula is C13H13ClO2. The summed E-state index contributed by atoms with van der Waals surface area (Å²) in [4.78, 5) is 0. The molecule has 84 valence electrons. The zero-order valence-electron chi connectivity index (χ0n) is 8.94. The molecule has 0 fully saturated rings. The molecular weight excluding hydrogens is 224 g/mol. The number of hydrogen-bond acceptors (Lipinski definition) is 2. The number of fused-ring (bicyclic) bond motifs is 1. The van der Waals surface area contributed by atoms with Crippen molar-refractivity contribution in [3.05, 3.63) is 40.9 Å². The van der Waals surface area contributed by atoms with Gasteiger partial charge in [0.2, 0.25) is 0 Å². The second-order valence-corrected chi connectivity index (χ2v) is 4.42. The Labute approximate surface area is 99.1 Å². The van der Waals surface area contributed by atoms with Gasteiger partial charge in [-0.1, -0.05) is 23.7 Å². The van der Waals surface area contributed by atoms with E-state index in [0.717, 1.165) is 16.3 Å². The number of aromatic hydroxyl groups is 1. The molecule has 2 nitrogen and oxygen atoms in total. The predicted molar refractivity (Wildman–Crippen MR) is 66.0 cm³/mol. The van der Waals surface area contributed by atoms with Crippen molar-refractivity contribution in [2.75, 3.05) is 0 Å². The van der Waals surface area contributed by atoms with Crippen LogP contribution in [0.2, 0.25) is 5.02 Å². The number of benzene rings is 2. The van der Waals surface area contributed by atoms with E-state index < -0.39 is 6.10 Å². The average molecular weight is 237 g/mol. The highest BCUT2D eigenvalue weighted by Gasteiger charge is 2.09. The zero-order valence-corrected chi connectivity index (χ0v) is 9.70. The summed E-state index contributed by atoms with van der Waals surface area (Å²) in [6.45, 7) is 1.70. The number of hydrogen-bond donors (Lipinski definition) is 2. The normalized spacial score (nSPS) is 12.9. The van der Waals surface area contributed by atoms with Crippen LogP contribution in [0.1, 0.15) is 12.5 Å². The minimum atomic E-state index is -0.479. The molecule has 2 aromatic carbocycles. The van der Waals surface area contributed by atoms with Crippen molar-refractivity contribution in [2.45, 2.75) is 19.4 Å². The van der Waals surface area contributed by atoms with E-state index in [0.29, 0.717) is 11.4 Å². The maximum Gasteiger partial charge on any atom is 0.119 e. The van der Waals surface area contributed by atoms with E-state index in [1.54, 1.807) is 19.1 Å². The van der Waals surface area contributed by atoms with Crippen LogP contribution in [-0.4, -0.2) is 16.3 Å². The van der Waals surface area contributed by atoms with Crippen LogP contribution in [-0.2, 0) is 6.42 Å². The molecule has 2 aromatic rings. The largest absolute Gasteiger partial charge is 0.508 e. The molecule has 3 heteroatoms. The quantitative estimate of drug-likeness (QED) is 0.841. The van der Waals surface area contributed by atoms with Crippen LogP contribution < -0.4 is 0 Å². The van der Waals surface area contributed by atoms with Crippen molar-refractivity contribution in [1.82, 2.24) is 0 Å². The first-order chi connectivity index (χ1) is 7.58. The summed E-state index contributed by atoms with van der Waals surface area (Å²) in [6.07, 6.45) is -0.0441. The number of aliphatic hydroxyl groups excluding tert-OH is 1. The Bertz CT molecular complexity index is 521. The summed E-state index contributed by atoms with van der Waals surface area (Å²) in [5.41, 5.74) is 0.768. The van der Waals surface area contributed by atoms with Gasteiger partial charge in [0.25, 0.3) is 0 Å². The van der Waals surface area contributed by atoms with Crippen molar-refractivity contribution in [2.24, 2.45) is 0 Å². The Balaban J connectivity index is 2.64. The highest BCUT2D eigenvalue weighted by molar-refractivity contribution is 6.31. The third-order valence-electron chi connectivity index (χ3n) is 2.57. The molecule has 0 radical (unpaired) electrons. The van der Waals surface area contributed by atoms with E-state index in [2.05, 4.69) is 0 Å². The third kappa shape index (κ3) is 2.13. The summed E-state index contributed by atoms with van der Waals surface area (Å²) >= 11 is 5.90. The molecule has 1 unspecified atom stereocenters. The minimum absolute atomic E-state index is 0.218. The molecule has 0 spiro atoms. The Morgan fingerprint density at radius 3 is 2.69 bits per heavy atom. The molecule has 0 saturated heterocycles. The Morgan fingerprint density at radius 1 is 1.25 bits per heavy atom. The summed E-state index contributed by atoms with van der Waals surface area (Å²) in [5, 5.41) is 21.8. The summed E-state index contributed by atoms with van der Waals surface area (Å²) in [6, 6.07) is 8.96. The number of rotatable bonds is 2. The summed E-state index contributed by atoms with van der Waals surface area (Å²) in [5.74, 6) is 0.218. The van der Waals surface area contributed by atoms with Gasteiger partial charge in [0.15, 0.2) is 0 Å². The van der Waals surface area contributed by atoms with E-state index >= 15 is 0 Å². The zero-order chi connectivity index (χ0) is 11.7. The van der Waals surface area contributed by atoms with E-state index in [-0.39, 0.29) is 5.75 Å². The van der Waals surface area contributed by atoms with Gasteiger partial charge in [-0.2, -0.15) is 0 Å². The van der Waals surface area contributed by atoms with E-state index in [1.807, 2.05) is 18.2 Å². The van der Waals surface area contributed by atoms with Crippen LogP contribution in [0.25, 0.3) is 10.8 Å². The lowest BCUT2D eigenvalue weighted by atomic mass is 9.99. The molecule has 0 aliphatic rings. The van der Waals surface area contributed by atoms with Crippen LogP contribution >= 0.6 is 11.6 Å². The second-order valence-electron chi connectivity index (χ2n) is 3.98. The number of aliphatic hydroxyl groups is 1. The second kappa shape index (κ2) is 4.32. The lowest BCUT2D eigenvalue weighted by Crippen LogP contribution is -2.04. The maximum absolute atomic E-state index is 9.78. The molecule has 0 heterocycles. The van der Waals surface area contributed by atoms with Crippen LogP contribution in [0.5, 0.6) is 5.75 Å². The fourth-order valence-corrected chi connectivity index (χ4v) is 2.04. The number of phenolic OH excluding ortho intramolecular Hbond substituents is 1. The lowest BCUT2D eigenvalue weighted by molar-refractivity contribution is 0.194. The molecule has 0 bridgehead atoms. The van der Waals surface area contributed by atoms with Crippen molar-refractivity contribution in [1.29, 1.82) is 0 Å².